The van der Waals surface area contributed by atoms with E-state index in [4.69, 9.17) is 4.74 Å². The number of aliphatic hydroxyl groups excluding tert-OH is 1. The molecule has 1 atom stereocenters. The van der Waals surface area contributed by atoms with Gasteiger partial charge in [0.05, 0.1) is 23.9 Å². The van der Waals surface area contributed by atoms with Gasteiger partial charge in [0.2, 0.25) is 0 Å². The van der Waals surface area contributed by atoms with Crippen molar-refractivity contribution < 1.29 is 19.4 Å². The van der Waals surface area contributed by atoms with Gasteiger partial charge in [-0.15, -0.1) is 0 Å². The molecule has 3 aromatic rings. The molecule has 1 aromatic heterocycles. The molecule has 2 N–H and O–H groups in total. The summed E-state index contributed by atoms with van der Waals surface area (Å²) in [5.74, 6) is -1.57. The maximum Gasteiger partial charge on any atom is 0.316 e. The number of nitrogens with one attached hydrogen (secondary N) is 1. The Morgan fingerprint density at radius 3 is 2.44 bits per heavy atom. The Morgan fingerprint density at radius 2 is 1.75 bits per heavy atom. The molecule has 164 valence electrons. The highest BCUT2D eigenvalue weighted by molar-refractivity contribution is 6.23. The lowest BCUT2D eigenvalue weighted by atomic mass is 9.68. The van der Waals surface area contributed by atoms with Crippen LogP contribution in [0.2, 0.25) is 0 Å². The summed E-state index contributed by atoms with van der Waals surface area (Å²) in [6.07, 6.45) is 0.0934. The summed E-state index contributed by atoms with van der Waals surface area (Å²) >= 11 is 0. The number of rotatable bonds is 4. The molecular weight excluding hydrogens is 406 g/mol. The van der Waals surface area contributed by atoms with Crippen LogP contribution in [0.1, 0.15) is 27.2 Å². The first-order valence-electron chi connectivity index (χ1n) is 10.4. The van der Waals surface area contributed by atoms with Gasteiger partial charge in [-0.05, 0) is 23.8 Å². The third-order valence-corrected chi connectivity index (χ3v) is 5.94. The number of aliphatic hydroxyl groups is 1. The number of hydrogen-bond acceptors (Lipinski definition) is 7. The van der Waals surface area contributed by atoms with Crippen LogP contribution >= 0.6 is 0 Å². The third kappa shape index (κ3) is 3.60. The molecule has 0 aliphatic heterocycles. The van der Waals surface area contributed by atoms with Crippen molar-refractivity contribution in [1.82, 2.24) is 4.98 Å². The van der Waals surface area contributed by atoms with Crippen molar-refractivity contribution in [3.63, 3.8) is 0 Å². The van der Waals surface area contributed by atoms with Crippen LogP contribution in [0.15, 0.2) is 65.0 Å². The maximum absolute atomic E-state index is 12.8. The second-order valence-corrected chi connectivity index (χ2v) is 8.64. The highest BCUT2D eigenvalue weighted by Crippen LogP contribution is 2.42. The van der Waals surface area contributed by atoms with Gasteiger partial charge in [-0.3, -0.25) is 15.0 Å². The van der Waals surface area contributed by atoms with Crippen LogP contribution in [0.5, 0.6) is 0 Å². The predicted molar refractivity (Wildman–Crippen MR) is 125 cm³/mol. The molecule has 0 unspecified atom stereocenters. The lowest BCUT2D eigenvalue weighted by molar-refractivity contribution is -0.150. The molecule has 4 rings (SSSR count). The molecule has 0 spiro atoms. The van der Waals surface area contributed by atoms with Crippen LogP contribution in [-0.4, -0.2) is 34.7 Å². The summed E-state index contributed by atoms with van der Waals surface area (Å²) in [7, 11) is 1.26. The zero-order valence-corrected chi connectivity index (χ0v) is 18.5. The minimum absolute atomic E-state index is 0.0392. The lowest BCUT2D eigenvalue weighted by Crippen LogP contribution is -2.41. The van der Waals surface area contributed by atoms with Gasteiger partial charge in [0.1, 0.15) is 11.7 Å². The van der Waals surface area contributed by atoms with Crippen molar-refractivity contribution in [2.75, 3.05) is 12.5 Å². The molecule has 0 saturated heterocycles. The van der Waals surface area contributed by atoms with Crippen LogP contribution in [0.25, 0.3) is 21.7 Å². The highest BCUT2D eigenvalue weighted by Gasteiger charge is 2.47. The first-order valence-corrected chi connectivity index (χ1v) is 10.4. The number of anilines is 1. The number of para-hydroxylation sites is 1. The number of aromatic nitrogens is 1. The van der Waals surface area contributed by atoms with Crippen molar-refractivity contribution in [1.29, 1.82) is 0 Å². The van der Waals surface area contributed by atoms with E-state index < -0.39 is 17.3 Å². The van der Waals surface area contributed by atoms with E-state index in [1.54, 1.807) is 20.8 Å². The molecule has 1 heterocycles. The summed E-state index contributed by atoms with van der Waals surface area (Å²) in [6.45, 7) is 5.14. The van der Waals surface area contributed by atoms with E-state index in [9.17, 15) is 14.7 Å². The van der Waals surface area contributed by atoms with E-state index in [1.807, 2.05) is 48.5 Å². The number of ether oxygens (including phenoxy) is 1. The molecule has 32 heavy (non-hydrogen) atoms. The molecule has 2 aromatic carbocycles. The SMILES string of the molecule is COC(=O)[C@H]1C(O)=C(C(C)=NNc2nc3ccccc3c3ccccc23)C(=O)CC1(C)C. The molecule has 0 radical (unpaired) electrons. The average Bonchev–Trinajstić information content (AvgIpc) is 2.76. The second kappa shape index (κ2) is 8.07. The largest absolute Gasteiger partial charge is 0.511 e. The smallest absolute Gasteiger partial charge is 0.316 e. The van der Waals surface area contributed by atoms with Gasteiger partial charge >= 0.3 is 5.97 Å². The fraction of sp³-hybridized carbons (Fsp3) is 0.280. The number of hydrogen-bond donors (Lipinski definition) is 2. The van der Waals surface area contributed by atoms with Crippen LogP contribution < -0.4 is 5.43 Å². The third-order valence-electron chi connectivity index (χ3n) is 5.94. The molecule has 0 amide bonds. The van der Waals surface area contributed by atoms with E-state index >= 15 is 0 Å². The fourth-order valence-electron chi connectivity index (χ4n) is 4.38. The number of carbonyl (C=O) groups excluding carboxylic acids is 2. The fourth-order valence-corrected chi connectivity index (χ4v) is 4.38. The number of hydrazone groups is 1. The number of benzene rings is 2. The van der Waals surface area contributed by atoms with Crippen molar-refractivity contribution in [2.24, 2.45) is 16.4 Å². The number of allylic oxidation sites excluding steroid dienone is 1. The standard InChI is InChI=1S/C25H25N3O4/c1-14(20-19(29)13-25(2,3)21(22(20)30)24(31)32-4)27-28-23-17-11-6-5-9-15(17)16-10-7-8-12-18(16)26-23/h5-12,21,30H,13H2,1-4H3,(H,26,28)/t21-/m1/s1. The van der Waals surface area contributed by atoms with E-state index in [0.29, 0.717) is 5.82 Å². The second-order valence-electron chi connectivity index (χ2n) is 8.64. The maximum atomic E-state index is 12.8. The van der Waals surface area contributed by atoms with Crippen LogP contribution in [0, 0.1) is 11.3 Å². The topological polar surface area (TPSA) is 101 Å². The first kappa shape index (κ1) is 21.5. The van der Waals surface area contributed by atoms with E-state index in [0.717, 1.165) is 21.7 Å². The Morgan fingerprint density at radius 1 is 1.12 bits per heavy atom. The Kier molecular flexibility index (Phi) is 5.42. The normalized spacial score (nSPS) is 18.8. The van der Waals surface area contributed by atoms with Gasteiger partial charge in [0.25, 0.3) is 0 Å². The number of Topliss-reactive ketones (excluding diaryl/α,β-unsaturated/α-hetero) is 1. The summed E-state index contributed by atoms with van der Waals surface area (Å²) < 4.78 is 4.87. The Balaban J connectivity index is 1.77. The van der Waals surface area contributed by atoms with Gasteiger partial charge < -0.3 is 9.84 Å². The van der Waals surface area contributed by atoms with E-state index in [2.05, 4.69) is 15.5 Å². The van der Waals surface area contributed by atoms with Gasteiger partial charge in [0.15, 0.2) is 11.6 Å². The van der Waals surface area contributed by atoms with Crippen molar-refractivity contribution in [2.45, 2.75) is 27.2 Å². The summed E-state index contributed by atoms with van der Waals surface area (Å²) in [5.41, 5.74) is 3.32. The van der Waals surface area contributed by atoms with Crippen LogP contribution in [-0.2, 0) is 14.3 Å². The number of methoxy groups -OCH3 is 1. The molecule has 7 heteroatoms. The van der Waals surface area contributed by atoms with Crippen LogP contribution in [0.3, 0.4) is 0 Å². The van der Waals surface area contributed by atoms with Gasteiger partial charge in [-0.2, -0.15) is 5.10 Å². The minimum Gasteiger partial charge on any atom is -0.511 e. The van der Waals surface area contributed by atoms with Gasteiger partial charge in [-0.25, -0.2) is 4.98 Å². The molecule has 1 aliphatic rings. The van der Waals surface area contributed by atoms with Gasteiger partial charge in [0, 0.05) is 17.2 Å². The Bertz CT molecular complexity index is 1310. The molecule has 0 bridgehead atoms. The number of fused-ring (bicyclic) bond motifs is 3. The average molecular weight is 431 g/mol. The first-order chi connectivity index (χ1) is 15.2. The molecule has 1 aliphatic carbocycles. The monoisotopic (exact) mass is 431 g/mol. The van der Waals surface area contributed by atoms with E-state index in [-0.39, 0.29) is 29.2 Å². The predicted octanol–water partition coefficient (Wildman–Crippen LogP) is 4.78. The molecule has 0 fully saturated rings. The molecular formula is C25H25N3O4. The number of ketones is 1. The highest BCUT2D eigenvalue weighted by atomic mass is 16.5. The van der Waals surface area contributed by atoms with E-state index in [1.165, 1.54) is 7.11 Å². The Hall–Kier alpha value is -3.74. The summed E-state index contributed by atoms with van der Waals surface area (Å²) in [4.78, 5) is 29.8. The lowest BCUT2D eigenvalue weighted by Gasteiger charge is -2.36. The quantitative estimate of drug-likeness (QED) is 0.267. The zero-order chi connectivity index (χ0) is 23.0. The summed E-state index contributed by atoms with van der Waals surface area (Å²) in [6, 6.07) is 15.7. The van der Waals surface area contributed by atoms with Crippen molar-refractivity contribution in [3.05, 3.63) is 59.9 Å². The van der Waals surface area contributed by atoms with Gasteiger partial charge in [-0.1, -0.05) is 56.3 Å². The summed E-state index contributed by atoms with van der Waals surface area (Å²) in [5, 5.41) is 18.1. The number of carbonyl (C=O) groups is 2. The van der Waals surface area contributed by atoms with Crippen molar-refractivity contribution in [3.8, 4) is 0 Å². The minimum atomic E-state index is -0.940. The molecule has 7 nitrogen and oxygen atoms in total. The van der Waals surface area contributed by atoms with Crippen LogP contribution in [0.4, 0.5) is 5.82 Å². The number of esters is 1. The number of nitrogens with zero attached hydrogens (tertiary/aromatic N) is 2. The zero-order valence-electron chi connectivity index (χ0n) is 18.5. The molecule has 0 saturated carbocycles. The van der Waals surface area contributed by atoms with Crippen molar-refractivity contribution >= 4 is 45.0 Å². The number of pyridine rings is 1. The Labute approximate surface area is 185 Å².